The molecule has 1 unspecified atom stereocenters. The van der Waals surface area contributed by atoms with Crippen molar-refractivity contribution in [3.05, 3.63) is 70.8 Å². The van der Waals surface area contributed by atoms with Crippen molar-refractivity contribution in [2.75, 3.05) is 0 Å². The van der Waals surface area contributed by atoms with Crippen LogP contribution in [0.2, 0.25) is 0 Å². The summed E-state index contributed by atoms with van der Waals surface area (Å²) in [4.78, 5) is 17.1. The van der Waals surface area contributed by atoms with E-state index in [4.69, 9.17) is 0 Å². The minimum absolute atomic E-state index is 0.0638. The Kier molecular flexibility index (Phi) is 5.69. The fraction of sp³-hybridized carbons (Fsp3) is 0.304. The molecule has 4 aromatic rings. The maximum atomic E-state index is 13.8. The van der Waals surface area contributed by atoms with Gasteiger partial charge >= 0.3 is 6.18 Å². The molecule has 0 saturated heterocycles. The highest BCUT2D eigenvalue weighted by atomic mass is 19.4. The van der Waals surface area contributed by atoms with Crippen LogP contribution in [0.1, 0.15) is 52.9 Å². The minimum Gasteiger partial charge on any atom is -0.342 e. The Morgan fingerprint density at radius 1 is 1.09 bits per heavy atom. The first-order chi connectivity index (χ1) is 15.6. The van der Waals surface area contributed by atoms with Crippen molar-refractivity contribution < 1.29 is 18.0 Å². The van der Waals surface area contributed by atoms with Gasteiger partial charge in [-0.15, -0.1) is 0 Å². The van der Waals surface area contributed by atoms with Crippen molar-refractivity contribution in [2.45, 2.75) is 46.5 Å². The van der Waals surface area contributed by atoms with Crippen LogP contribution in [0.3, 0.4) is 0 Å². The van der Waals surface area contributed by atoms with Gasteiger partial charge in [0.15, 0.2) is 17.0 Å². The number of aryl methyl sites for hydroxylation is 3. The minimum atomic E-state index is -4.68. The molecule has 0 bridgehead atoms. The second-order valence-corrected chi connectivity index (χ2v) is 7.91. The van der Waals surface area contributed by atoms with Crippen molar-refractivity contribution in [2.24, 2.45) is 0 Å². The van der Waals surface area contributed by atoms with Crippen molar-refractivity contribution in [1.29, 1.82) is 0 Å². The summed E-state index contributed by atoms with van der Waals surface area (Å²) in [6.07, 6.45) is -2.90. The largest absolute Gasteiger partial charge is 0.433 e. The second kappa shape index (κ2) is 8.34. The van der Waals surface area contributed by atoms with Gasteiger partial charge in [0.2, 0.25) is 0 Å². The van der Waals surface area contributed by atoms with E-state index >= 15 is 0 Å². The number of aromatic nitrogens is 5. The lowest BCUT2D eigenvalue weighted by molar-refractivity contribution is -0.142. The number of fused-ring (bicyclic) bond motifs is 1. The quantitative estimate of drug-likeness (QED) is 0.471. The molecule has 1 atom stereocenters. The first-order valence-electron chi connectivity index (χ1n) is 10.5. The number of halogens is 3. The number of hydrogen-bond donors (Lipinski definition) is 1. The molecule has 4 rings (SSSR count). The lowest BCUT2D eigenvalue weighted by atomic mass is 10.0. The molecule has 0 aliphatic rings. The van der Waals surface area contributed by atoms with Gasteiger partial charge in [-0.05, 0) is 57.0 Å². The Labute approximate surface area is 188 Å². The Hall–Kier alpha value is -3.69. The van der Waals surface area contributed by atoms with E-state index in [1.807, 2.05) is 26.8 Å². The topological polar surface area (TPSA) is 77.1 Å². The van der Waals surface area contributed by atoms with Gasteiger partial charge in [-0.25, -0.2) is 9.50 Å². The normalized spacial score (nSPS) is 12.8. The van der Waals surface area contributed by atoms with E-state index in [0.29, 0.717) is 22.3 Å². The van der Waals surface area contributed by atoms with Gasteiger partial charge < -0.3 is 5.32 Å². The second-order valence-electron chi connectivity index (χ2n) is 7.91. The number of nitrogens with one attached hydrogen (secondary N) is 1. The van der Waals surface area contributed by atoms with Gasteiger partial charge in [-0.2, -0.15) is 23.4 Å². The van der Waals surface area contributed by atoms with E-state index in [1.54, 1.807) is 36.0 Å². The number of alkyl halides is 3. The van der Waals surface area contributed by atoms with Crippen molar-refractivity contribution in [1.82, 2.24) is 29.7 Å². The molecule has 1 aromatic carbocycles. The molecule has 0 spiro atoms. The number of benzene rings is 1. The average molecular weight is 456 g/mol. The molecule has 0 radical (unpaired) electrons. The summed E-state index contributed by atoms with van der Waals surface area (Å²) in [5.41, 5.74) is 2.09. The van der Waals surface area contributed by atoms with Gasteiger partial charge in [0, 0.05) is 24.4 Å². The molecule has 0 fully saturated rings. The highest BCUT2D eigenvalue weighted by molar-refractivity contribution is 5.93. The SMILES string of the molecule is CCn1ccc(C(C)NC(=O)c2cc3nc(-c4ccc(C)c(C)c4)cc(C(F)(F)F)n3n2)n1. The number of carbonyl (C=O) groups is 1. The fourth-order valence-corrected chi connectivity index (χ4v) is 3.46. The van der Waals surface area contributed by atoms with Crippen LogP contribution >= 0.6 is 0 Å². The zero-order valence-corrected chi connectivity index (χ0v) is 18.6. The first kappa shape index (κ1) is 22.5. The van der Waals surface area contributed by atoms with Crippen LogP contribution in [-0.4, -0.2) is 30.3 Å². The summed E-state index contributed by atoms with van der Waals surface area (Å²) in [7, 11) is 0. The Bertz CT molecular complexity index is 1340. The summed E-state index contributed by atoms with van der Waals surface area (Å²) in [6.45, 7) is 8.17. The summed E-state index contributed by atoms with van der Waals surface area (Å²) >= 11 is 0. The lowest BCUT2D eigenvalue weighted by Gasteiger charge is -2.12. The number of rotatable bonds is 5. The van der Waals surface area contributed by atoms with Crippen LogP contribution in [0, 0.1) is 13.8 Å². The molecule has 3 aromatic heterocycles. The molecule has 0 aliphatic carbocycles. The molecular formula is C23H23F3N6O. The van der Waals surface area contributed by atoms with E-state index in [9.17, 15) is 18.0 Å². The molecule has 0 aliphatic heterocycles. The van der Waals surface area contributed by atoms with Gasteiger partial charge in [-0.1, -0.05) is 12.1 Å². The van der Waals surface area contributed by atoms with Crippen molar-refractivity contribution >= 4 is 11.6 Å². The van der Waals surface area contributed by atoms with Gasteiger partial charge in [-0.3, -0.25) is 9.48 Å². The highest BCUT2D eigenvalue weighted by Crippen LogP contribution is 2.32. The number of amides is 1. The van der Waals surface area contributed by atoms with Crippen molar-refractivity contribution in [3.63, 3.8) is 0 Å². The van der Waals surface area contributed by atoms with Crippen LogP contribution in [0.25, 0.3) is 16.9 Å². The Morgan fingerprint density at radius 3 is 2.48 bits per heavy atom. The predicted molar refractivity (Wildman–Crippen MR) is 117 cm³/mol. The Balaban J connectivity index is 1.72. The van der Waals surface area contributed by atoms with Crippen molar-refractivity contribution in [3.8, 4) is 11.3 Å². The molecule has 33 heavy (non-hydrogen) atoms. The van der Waals surface area contributed by atoms with Crippen LogP contribution in [-0.2, 0) is 12.7 Å². The smallest absolute Gasteiger partial charge is 0.342 e. The molecule has 10 heteroatoms. The average Bonchev–Trinajstić information content (AvgIpc) is 3.41. The molecule has 0 saturated carbocycles. The summed E-state index contributed by atoms with van der Waals surface area (Å²) < 4.78 is 43.9. The molecule has 172 valence electrons. The molecule has 3 heterocycles. The van der Waals surface area contributed by atoms with Gasteiger partial charge in [0.25, 0.3) is 5.91 Å². The monoisotopic (exact) mass is 456 g/mol. The fourth-order valence-electron chi connectivity index (χ4n) is 3.46. The van der Waals surface area contributed by atoms with Crippen LogP contribution in [0.5, 0.6) is 0 Å². The molecule has 7 nitrogen and oxygen atoms in total. The Morgan fingerprint density at radius 2 is 1.85 bits per heavy atom. The molecule has 1 N–H and O–H groups in total. The zero-order chi connectivity index (χ0) is 23.9. The summed E-state index contributed by atoms with van der Waals surface area (Å²) in [5, 5.41) is 11.0. The molecular weight excluding hydrogens is 433 g/mol. The predicted octanol–water partition coefficient (Wildman–Crippen LogP) is 4.74. The van der Waals surface area contributed by atoms with E-state index in [-0.39, 0.29) is 17.0 Å². The van der Waals surface area contributed by atoms with Crippen LogP contribution in [0.4, 0.5) is 13.2 Å². The summed E-state index contributed by atoms with van der Waals surface area (Å²) in [5.74, 6) is -0.611. The zero-order valence-electron chi connectivity index (χ0n) is 18.6. The number of hydrogen-bond acceptors (Lipinski definition) is 4. The summed E-state index contributed by atoms with van der Waals surface area (Å²) in [6, 6.07) is 8.88. The van der Waals surface area contributed by atoms with E-state index < -0.39 is 23.8 Å². The highest BCUT2D eigenvalue weighted by Gasteiger charge is 2.35. The van der Waals surface area contributed by atoms with E-state index in [2.05, 4.69) is 20.5 Å². The van der Waals surface area contributed by atoms with Gasteiger partial charge in [0.1, 0.15) is 0 Å². The number of carbonyl (C=O) groups excluding carboxylic acids is 1. The number of nitrogens with zero attached hydrogens (tertiary/aromatic N) is 5. The standard InChI is InChI=1S/C23H23F3N6O/c1-5-31-9-8-17(29-31)15(4)27-22(33)19-12-21-28-18(16-7-6-13(2)14(3)10-16)11-20(23(24,25)26)32(21)30-19/h6-12,15H,5H2,1-4H3,(H,27,33). The third-order valence-electron chi connectivity index (χ3n) is 5.53. The van der Waals surface area contributed by atoms with Crippen LogP contribution in [0.15, 0.2) is 42.6 Å². The maximum absolute atomic E-state index is 13.8. The first-order valence-corrected chi connectivity index (χ1v) is 10.5. The third kappa shape index (κ3) is 4.46. The lowest BCUT2D eigenvalue weighted by Crippen LogP contribution is -2.27. The third-order valence-corrected chi connectivity index (χ3v) is 5.53. The van der Waals surface area contributed by atoms with Gasteiger partial charge in [0.05, 0.1) is 17.4 Å². The molecule has 1 amide bonds. The van der Waals surface area contributed by atoms with E-state index in [0.717, 1.165) is 17.2 Å². The maximum Gasteiger partial charge on any atom is 0.433 e. The van der Waals surface area contributed by atoms with E-state index in [1.165, 1.54) is 6.07 Å². The van der Waals surface area contributed by atoms with Crippen LogP contribution < -0.4 is 5.32 Å².